The van der Waals surface area contributed by atoms with E-state index in [1.165, 1.54) is 12.1 Å². The van der Waals surface area contributed by atoms with Crippen LogP contribution in [0.5, 0.6) is 0 Å². The molecule has 0 heterocycles. The van der Waals surface area contributed by atoms with Crippen LogP contribution < -0.4 is 9.62 Å². The number of benzene rings is 4. The molecule has 0 unspecified atom stereocenters. The summed E-state index contributed by atoms with van der Waals surface area (Å²) in [5, 5.41) is 3.25. The lowest BCUT2D eigenvalue weighted by Crippen LogP contribution is -2.55. The molecule has 8 heteroatoms. The van der Waals surface area contributed by atoms with Crippen molar-refractivity contribution >= 4 is 27.5 Å². The van der Waals surface area contributed by atoms with Gasteiger partial charge in [0.05, 0.1) is 10.6 Å². The number of rotatable bonds is 12. The number of hydrogen-bond acceptors (Lipinski definition) is 4. The van der Waals surface area contributed by atoms with E-state index in [0.29, 0.717) is 12.1 Å². The Balaban J connectivity index is 1.54. The summed E-state index contributed by atoms with van der Waals surface area (Å²) in [5.74, 6) is -0.679. The standard InChI is InChI=1S/C37H41N3O4S/c1-29-22-24-31(25-23-29)27-39(35(26-30-14-6-2-7-15-30)37(42)38-32-16-8-3-9-17-32)36(41)28-40(33-18-10-4-11-19-33)45(43,44)34-20-12-5-13-21-34/h2,4-7,10-15,18-25,32,35H,3,8-9,16-17,26-28H2,1H3,(H,38,42)/t35-/m1/s1. The van der Waals surface area contributed by atoms with E-state index in [4.69, 9.17) is 0 Å². The molecule has 1 fully saturated rings. The summed E-state index contributed by atoms with van der Waals surface area (Å²) in [6.07, 6.45) is 5.39. The van der Waals surface area contributed by atoms with E-state index < -0.39 is 28.5 Å². The van der Waals surface area contributed by atoms with Crippen molar-refractivity contribution in [1.29, 1.82) is 0 Å². The molecule has 0 aromatic heterocycles. The Bertz CT molecular complexity index is 1640. The molecule has 234 valence electrons. The molecule has 7 nitrogen and oxygen atoms in total. The highest BCUT2D eigenvalue weighted by Gasteiger charge is 2.35. The van der Waals surface area contributed by atoms with E-state index in [-0.39, 0.29) is 23.4 Å². The topological polar surface area (TPSA) is 86.8 Å². The lowest BCUT2D eigenvalue weighted by Gasteiger charge is -2.35. The fraction of sp³-hybridized carbons (Fsp3) is 0.297. The summed E-state index contributed by atoms with van der Waals surface area (Å²) in [5.41, 5.74) is 3.22. The number of nitrogens with zero attached hydrogens (tertiary/aromatic N) is 2. The Kier molecular flexibility index (Phi) is 10.7. The van der Waals surface area contributed by atoms with Gasteiger partial charge in [-0.1, -0.05) is 116 Å². The van der Waals surface area contributed by atoms with Crippen molar-refractivity contribution in [3.63, 3.8) is 0 Å². The van der Waals surface area contributed by atoms with Crippen LogP contribution in [0.15, 0.2) is 120 Å². The highest BCUT2D eigenvalue weighted by atomic mass is 32.2. The van der Waals surface area contributed by atoms with Crippen molar-refractivity contribution in [1.82, 2.24) is 10.2 Å². The number of carbonyl (C=O) groups is 2. The van der Waals surface area contributed by atoms with E-state index in [0.717, 1.165) is 53.1 Å². The number of para-hydroxylation sites is 1. The number of hydrogen-bond donors (Lipinski definition) is 1. The molecule has 45 heavy (non-hydrogen) atoms. The zero-order valence-electron chi connectivity index (χ0n) is 25.7. The van der Waals surface area contributed by atoms with Crippen molar-refractivity contribution < 1.29 is 18.0 Å². The molecule has 0 saturated heterocycles. The van der Waals surface area contributed by atoms with Crippen molar-refractivity contribution in [3.8, 4) is 0 Å². The third-order valence-corrected chi connectivity index (χ3v) is 10.1. The highest BCUT2D eigenvalue weighted by molar-refractivity contribution is 7.92. The number of sulfonamides is 1. The van der Waals surface area contributed by atoms with Gasteiger partial charge in [0.25, 0.3) is 10.0 Å². The average molecular weight is 624 g/mol. The van der Waals surface area contributed by atoms with Crippen LogP contribution in [0.1, 0.15) is 48.8 Å². The maximum Gasteiger partial charge on any atom is 0.264 e. The summed E-state index contributed by atoms with van der Waals surface area (Å²) in [7, 11) is -4.10. The fourth-order valence-electron chi connectivity index (χ4n) is 5.83. The van der Waals surface area contributed by atoms with Gasteiger partial charge in [-0.05, 0) is 55.2 Å². The van der Waals surface area contributed by atoms with Crippen LogP contribution in [-0.2, 0) is 32.6 Å². The summed E-state index contributed by atoms with van der Waals surface area (Å²) in [6.45, 7) is 1.69. The summed E-state index contributed by atoms with van der Waals surface area (Å²) in [6, 6.07) is 33.5. The molecule has 4 aromatic rings. The molecule has 2 amide bonds. The van der Waals surface area contributed by atoms with Gasteiger partial charge in [-0.2, -0.15) is 0 Å². The molecule has 1 saturated carbocycles. The van der Waals surface area contributed by atoms with Crippen molar-refractivity contribution in [3.05, 3.63) is 132 Å². The van der Waals surface area contributed by atoms with Gasteiger partial charge in [-0.25, -0.2) is 8.42 Å². The normalized spacial score (nSPS) is 14.3. The Hall–Kier alpha value is -4.43. The third kappa shape index (κ3) is 8.39. The van der Waals surface area contributed by atoms with Crippen molar-refractivity contribution in [2.24, 2.45) is 0 Å². The second kappa shape index (κ2) is 15.0. The Morgan fingerprint density at radius 2 is 1.33 bits per heavy atom. The number of amides is 2. The number of nitrogens with one attached hydrogen (secondary N) is 1. The van der Waals surface area contributed by atoms with Crippen LogP contribution in [0, 0.1) is 6.92 Å². The first-order valence-corrected chi connectivity index (χ1v) is 17.1. The number of anilines is 1. The second-order valence-electron chi connectivity index (χ2n) is 11.7. The maximum absolute atomic E-state index is 14.5. The van der Waals surface area contributed by atoms with Gasteiger partial charge in [0.2, 0.25) is 11.8 Å². The molecule has 5 rings (SSSR count). The lowest BCUT2D eigenvalue weighted by atomic mass is 9.94. The predicted molar refractivity (Wildman–Crippen MR) is 178 cm³/mol. The van der Waals surface area contributed by atoms with Crippen LogP contribution in [0.4, 0.5) is 5.69 Å². The van der Waals surface area contributed by atoms with Gasteiger partial charge < -0.3 is 10.2 Å². The maximum atomic E-state index is 14.5. The highest BCUT2D eigenvalue weighted by Crippen LogP contribution is 2.25. The number of aryl methyl sites for hydroxylation is 1. The third-order valence-electron chi connectivity index (χ3n) is 8.35. The molecule has 1 N–H and O–H groups in total. The van der Waals surface area contributed by atoms with Crippen molar-refractivity contribution in [2.45, 2.75) is 69.0 Å². The average Bonchev–Trinajstić information content (AvgIpc) is 3.07. The van der Waals surface area contributed by atoms with E-state index in [9.17, 15) is 18.0 Å². The second-order valence-corrected chi connectivity index (χ2v) is 13.6. The SMILES string of the molecule is Cc1ccc(CN(C(=O)CN(c2ccccc2)S(=O)(=O)c2ccccc2)[C@H](Cc2ccccc2)C(=O)NC2CCCCC2)cc1. The molecular weight excluding hydrogens is 582 g/mol. The molecule has 0 aliphatic heterocycles. The largest absolute Gasteiger partial charge is 0.352 e. The smallest absolute Gasteiger partial charge is 0.264 e. The first-order chi connectivity index (χ1) is 21.8. The quantitative estimate of drug-likeness (QED) is 0.201. The van der Waals surface area contributed by atoms with Crippen LogP contribution >= 0.6 is 0 Å². The fourth-order valence-corrected chi connectivity index (χ4v) is 7.27. The van der Waals surface area contributed by atoms with Crippen molar-refractivity contribution in [2.75, 3.05) is 10.8 Å². The van der Waals surface area contributed by atoms with Gasteiger partial charge >= 0.3 is 0 Å². The minimum absolute atomic E-state index is 0.0557. The Morgan fingerprint density at radius 1 is 0.756 bits per heavy atom. The van der Waals surface area contributed by atoms with E-state index in [1.807, 2.05) is 61.5 Å². The molecule has 1 atom stereocenters. The molecule has 0 radical (unpaired) electrons. The summed E-state index contributed by atoms with van der Waals surface area (Å²) in [4.78, 5) is 30.3. The Labute approximate surface area is 266 Å². The van der Waals surface area contributed by atoms with Crippen LogP contribution in [-0.4, -0.2) is 43.8 Å². The monoisotopic (exact) mass is 623 g/mol. The molecule has 1 aliphatic rings. The van der Waals surface area contributed by atoms with Gasteiger partial charge in [0.1, 0.15) is 12.6 Å². The van der Waals surface area contributed by atoms with Crippen LogP contribution in [0.25, 0.3) is 0 Å². The molecule has 4 aromatic carbocycles. The molecule has 0 spiro atoms. The minimum atomic E-state index is -4.10. The van der Waals surface area contributed by atoms with E-state index in [2.05, 4.69) is 5.32 Å². The first-order valence-electron chi connectivity index (χ1n) is 15.6. The van der Waals surface area contributed by atoms with Gasteiger partial charge in [0, 0.05) is 19.0 Å². The van der Waals surface area contributed by atoms with Gasteiger partial charge in [0.15, 0.2) is 0 Å². The lowest BCUT2D eigenvalue weighted by molar-refractivity contribution is -0.140. The van der Waals surface area contributed by atoms with Gasteiger partial charge in [-0.3, -0.25) is 13.9 Å². The molecule has 1 aliphatic carbocycles. The zero-order valence-corrected chi connectivity index (χ0v) is 26.5. The van der Waals surface area contributed by atoms with Gasteiger partial charge in [-0.15, -0.1) is 0 Å². The summed E-state index contributed by atoms with van der Waals surface area (Å²) >= 11 is 0. The first kappa shape index (κ1) is 32.0. The van der Waals surface area contributed by atoms with Crippen LogP contribution in [0.3, 0.4) is 0 Å². The minimum Gasteiger partial charge on any atom is -0.352 e. The van der Waals surface area contributed by atoms with Crippen LogP contribution in [0.2, 0.25) is 0 Å². The predicted octanol–water partition coefficient (Wildman–Crippen LogP) is 6.28. The van der Waals surface area contributed by atoms with E-state index >= 15 is 0 Å². The Morgan fingerprint density at radius 3 is 1.96 bits per heavy atom. The molecule has 0 bridgehead atoms. The zero-order chi connectivity index (χ0) is 31.6. The molecular formula is C37H41N3O4S. The van der Waals surface area contributed by atoms with E-state index in [1.54, 1.807) is 53.4 Å². The summed E-state index contributed by atoms with van der Waals surface area (Å²) < 4.78 is 29.2. The number of carbonyl (C=O) groups excluding carboxylic acids is 2.